The molecule has 40 heavy (non-hydrogen) atoms. The van der Waals surface area contributed by atoms with E-state index in [-0.39, 0.29) is 0 Å². The Kier molecular flexibility index (Phi) is 5.17. The summed E-state index contributed by atoms with van der Waals surface area (Å²) in [6, 6.07) is 54.5. The highest BCUT2D eigenvalue weighted by atomic mass is 15.1. The van der Waals surface area contributed by atoms with Gasteiger partial charge >= 0.3 is 0 Å². The minimum Gasteiger partial charge on any atom is -0.354 e. The van der Waals surface area contributed by atoms with Crippen LogP contribution in [0.5, 0.6) is 0 Å². The van der Waals surface area contributed by atoms with Gasteiger partial charge in [0.15, 0.2) is 0 Å². The summed E-state index contributed by atoms with van der Waals surface area (Å²) >= 11 is 0. The highest BCUT2D eigenvalue weighted by Gasteiger charge is 2.19. The zero-order valence-electron chi connectivity index (χ0n) is 21.9. The minimum absolute atomic E-state index is 1.13. The Morgan fingerprint density at radius 2 is 1.12 bits per heavy atom. The topological polar surface area (TPSA) is 19.0 Å². The van der Waals surface area contributed by atoms with Gasteiger partial charge in [-0.25, -0.2) is 0 Å². The van der Waals surface area contributed by atoms with Crippen LogP contribution in [0, 0.1) is 0 Å². The van der Waals surface area contributed by atoms with Crippen molar-refractivity contribution in [1.29, 1.82) is 0 Å². The molecule has 0 aliphatic rings. The summed E-state index contributed by atoms with van der Waals surface area (Å²) in [7, 11) is 0. The van der Waals surface area contributed by atoms with E-state index in [4.69, 9.17) is 0 Å². The third kappa shape index (κ3) is 3.65. The minimum atomic E-state index is 1.13. The maximum atomic E-state index is 3.71. The Labute approximate surface area is 232 Å². The molecule has 0 radical (unpaired) electrons. The summed E-state index contributed by atoms with van der Waals surface area (Å²) < 4.78 is 0. The standard InChI is InChI=1S/C38H26N2/c1-3-10-26(11-4-1)29-21-23-33-36(24-29)39-35-16-9-17-37(38(33)35)40(30-13-5-2-6-14-30)31-22-20-28-19-18-27-12-7-8-15-32(27)34(28)25-31/h1-25,39H. The van der Waals surface area contributed by atoms with Crippen LogP contribution in [0.3, 0.4) is 0 Å². The SMILES string of the molecule is c1ccc(-c2ccc3c(c2)[nH]c2cccc(N(c4ccccc4)c4ccc5ccc6ccccc6c5c4)c23)cc1. The number of H-pyrrole nitrogens is 1. The van der Waals surface area contributed by atoms with Crippen molar-refractivity contribution >= 4 is 60.4 Å². The summed E-state index contributed by atoms with van der Waals surface area (Å²) in [6.07, 6.45) is 0. The smallest absolute Gasteiger partial charge is 0.0561 e. The monoisotopic (exact) mass is 510 g/mol. The summed E-state index contributed by atoms with van der Waals surface area (Å²) in [6.45, 7) is 0. The first-order valence-corrected chi connectivity index (χ1v) is 13.7. The molecule has 0 atom stereocenters. The highest BCUT2D eigenvalue weighted by Crippen LogP contribution is 2.43. The number of para-hydroxylation sites is 1. The van der Waals surface area contributed by atoms with Gasteiger partial charge in [0.25, 0.3) is 0 Å². The molecule has 0 fully saturated rings. The lowest BCUT2D eigenvalue weighted by molar-refractivity contribution is 1.30. The van der Waals surface area contributed by atoms with Crippen LogP contribution in [0.2, 0.25) is 0 Å². The molecule has 7 aromatic carbocycles. The number of aromatic nitrogens is 1. The third-order valence-electron chi connectivity index (χ3n) is 7.95. The maximum Gasteiger partial charge on any atom is 0.0561 e. The molecule has 8 aromatic rings. The van der Waals surface area contributed by atoms with Crippen LogP contribution in [0.1, 0.15) is 0 Å². The Morgan fingerprint density at radius 3 is 1.98 bits per heavy atom. The van der Waals surface area contributed by atoms with Crippen LogP contribution in [0.15, 0.2) is 152 Å². The number of aromatic amines is 1. The lowest BCUT2D eigenvalue weighted by Gasteiger charge is -2.27. The van der Waals surface area contributed by atoms with Crippen molar-refractivity contribution in [2.75, 3.05) is 4.90 Å². The predicted octanol–water partition coefficient (Wildman–Crippen LogP) is 10.8. The molecular formula is C38H26N2. The molecular weight excluding hydrogens is 484 g/mol. The Hall–Kier alpha value is -5.34. The number of hydrogen-bond donors (Lipinski definition) is 1. The van der Waals surface area contributed by atoms with Crippen molar-refractivity contribution in [3.8, 4) is 11.1 Å². The average Bonchev–Trinajstić information content (AvgIpc) is 3.41. The van der Waals surface area contributed by atoms with Crippen molar-refractivity contribution in [2.45, 2.75) is 0 Å². The molecule has 1 aromatic heterocycles. The molecule has 0 aliphatic heterocycles. The van der Waals surface area contributed by atoms with E-state index in [1.165, 1.54) is 43.4 Å². The van der Waals surface area contributed by atoms with E-state index in [1.807, 2.05) is 0 Å². The Bertz CT molecular complexity index is 2160. The number of hydrogen-bond acceptors (Lipinski definition) is 1. The van der Waals surface area contributed by atoms with Gasteiger partial charge in [0.2, 0.25) is 0 Å². The number of rotatable bonds is 4. The summed E-state index contributed by atoms with van der Waals surface area (Å²) in [4.78, 5) is 6.10. The fourth-order valence-corrected chi connectivity index (χ4v) is 6.07. The number of benzene rings is 7. The Balaban J connectivity index is 1.38. The molecule has 0 bridgehead atoms. The van der Waals surface area contributed by atoms with E-state index in [2.05, 4.69) is 162 Å². The summed E-state index contributed by atoms with van der Waals surface area (Å²) in [5, 5.41) is 7.47. The van der Waals surface area contributed by atoms with Crippen LogP contribution in [0.25, 0.3) is 54.5 Å². The predicted molar refractivity (Wildman–Crippen MR) is 171 cm³/mol. The summed E-state index contributed by atoms with van der Waals surface area (Å²) in [5.74, 6) is 0. The molecule has 2 nitrogen and oxygen atoms in total. The molecule has 1 N–H and O–H groups in total. The zero-order valence-corrected chi connectivity index (χ0v) is 21.9. The van der Waals surface area contributed by atoms with E-state index in [0.717, 1.165) is 28.1 Å². The van der Waals surface area contributed by atoms with Crippen LogP contribution in [-0.4, -0.2) is 4.98 Å². The van der Waals surface area contributed by atoms with Crippen LogP contribution < -0.4 is 4.90 Å². The Morgan fingerprint density at radius 1 is 0.400 bits per heavy atom. The van der Waals surface area contributed by atoms with E-state index in [0.29, 0.717) is 0 Å². The van der Waals surface area contributed by atoms with E-state index in [9.17, 15) is 0 Å². The van der Waals surface area contributed by atoms with Crippen molar-refractivity contribution < 1.29 is 0 Å². The fraction of sp³-hybridized carbons (Fsp3) is 0. The molecule has 8 rings (SSSR count). The second-order valence-corrected chi connectivity index (χ2v) is 10.3. The molecule has 0 spiro atoms. The van der Waals surface area contributed by atoms with E-state index < -0.39 is 0 Å². The number of nitrogens with one attached hydrogen (secondary N) is 1. The van der Waals surface area contributed by atoms with Gasteiger partial charge < -0.3 is 9.88 Å². The fourth-order valence-electron chi connectivity index (χ4n) is 6.07. The molecule has 0 amide bonds. The molecule has 2 heteroatoms. The van der Waals surface area contributed by atoms with Crippen LogP contribution in [-0.2, 0) is 0 Å². The van der Waals surface area contributed by atoms with Gasteiger partial charge in [-0.3, -0.25) is 0 Å². The third-order valence-corrected chi connectivity index (χ3v) is 7.95. The average molecular weight is 511 g/mol. The van der Waals surface area contributed by atoms with Gasteiger partial charge in [-0.15, -0.1) is 0 Å². The number of anilines is 3. The van der Waals surface area contributed by atoms with Crippen molar-refractivity contribution in [1.82, 2.24) is 4.98 Å². The first-order valence-electron chi connectivity index (χ1n) is 13.7. The molecule has 0 aliphatic carbocycles. The lowest BCUT2D eigenvalue weighted by atomic mass is 10.0. The molecule has 0 saturated heterocycles. The van der Waals surface area contributed by atoms with Gasteiger partial charge in [0.1, 0.15) is 0 Å². The second-order valence-electron chi connectivity index (χ2n) is 10.3. The quantitative estimate of drug-likeness (QED) is 0.233. The van der Waals surface area contributed by atoms with Crippen LogP contribution in [0.4, 0.5) is 17.1 Å². The van der Waals surface area contributed by atoms with Gasteiger partial charge in [0, 0.05) is 33.2 Å². The van der Waals surface area contributed by atoms with Gasteiger partial charge in [-0.05, 0) is 75.1 Å². The molecule has 1 heterocycles. The molecule has 188 valence electrons. The second kappa shape index (κ2) is 9.14. The van der Waals surface area contributed by atoms with Crippen LogP contribution >= 0.6 is 0 Å². The number of fused-ring (bicyclic) bond motifs is 6. The first kappa shape index (κ1) is 22.6. The lowest BCUT2D eigenvalue weighted by Crippen LogP contribution is -2.10. The first-order chi connectivity index (χ1) is 19.8. The zero-order chi connectivity index (χ0) is 26.5. The van der Waals surface area contributed by atoms with E-state index >= 15 is 0 Å². The molecule has 0 saturated carbocycles. The van der Waals surface area contributed by atoms with Gasteiger partial charge in [-0.1, -0.05) is 109 Å². The largest absolute Gasteiger partial charge is 0.354 e. The van der Waals surface area contributed by atoms with E-state index in [1.54, 1.807) is 0 Å². The van der Waals surface area contributed by atoms with Gasteiger partial charge in [0.05, 0.1) is 5.69 Å². The maximum absolute atomic E-state index is 3.71. The molecule has 0 unspecified atom stereocenters. The summed E-state index contributed by atoms with van der Waals surface area (Å²) in [5.41, 5.74) is 8.12. The van der Waals surface area contributed by atoms with Crippen molar-refractivity contribution in [3.63, 3.8) is 0 Å². The normalized spacial score (nSPS) is 11.5. The van der Waals surface area contributed by atoms with Crippen molar-refractivity contribution in [2.24, 2.45) is 0 Å². The number of nitrogens with zero attached hydrogens (tertiary/aromatic N) is 1. The van der Waals surface area contributed by atoms with Crippen molar-refractivity contribution in [3.05, 3.63) is 152 Å². The van der Waals surface area contributed by atoms with Gasteiger partial charge in [-0.2, -0.15) is 0 Å². The highest BCUT2D eigenvalue weighted by molar-refractivity contribution is 6.16.